The average Bonchev–Trinajstić information content (AvgIpc) is 2.87. The van der Waals surface area contributed by atoms with Crippen LogP contribution in [0.25, 0.3) is 0 Å². The summed E-state index contributed by atoms with van der Waals surface area (Å²) in [5.74, 6) is -1.16. The van der Waals surface area contributed by atoms with Gasteiger partial charge < -0.3 is 26.5 Å². The molecule has 2 heterocycles. The van der Waals surface area contributed by atoms with E-state index in [0.29, 0.717) is 18.8 Å². The Morgan fingerprint density at radius 2 is 1.89 bits per heavy atom. The summed E-state index contributed by atoms with van der Waals surface area (Å²) >= 11 is 0. The maximum Gasteiger partial charge on any atom is 0.324 e. The molecule has 1 aromatic rings. The van der Waals surface area contributed by atoms with Crippen molar-refractivity contribution < 1.29 is 45.4 Å². The number of halogens is 1. The molecule has 0 bridgehead atoms. The fourth-order valence-electron chi connectivity index (χ4n) is 3.27. The van der Waals surface area contributed by atoms with Crippen LogP contribution >= 0.6 is 0 Å². The molecule has 0 aromatic carbocycles. The minimum atomic E-state index is -1.40. The molecule has 6 nitrogen and oxygen atoms in total. The number of cyclic esters (lactones) is 1. The molecule has 0 spiro atoms. The molecule has 1 saturated heterocycles. The first kappa shape index (κ1) is 23.3. The number of nitrogens with zero attached hydrogens (tertiary/aromatic N) is 1. The number of rotatable bonds is 8. The minimum Gasteiger partial charge on any atom is -1.00 e. The second kappa shape index (κ2) is 9.44. The number of Topliss-reactive ketones (excluding diaryl/α,β-unsaturated/α-hetero) is 1. The number of aromatic nitrogens is 1. The lowest BCUT2D eigenvalue weighted by molar-refractivity contribution is -0.684. The van der Waals surface area contributed by atoms with Crippen LogP contribution in [0.4, 0.5) is 0 Å². The van der Waals surface area contributed by atoms with E-state index in [1.807, 2.05) is 32.0 Å². The molecule has 0 amide bonds. The van der Waals surface area contributed by atoms with Crippen LogP contribution < -0.4 is 21.5 Å². The van der Waals surface area contributed by atoms with Crippen molar-refractivity contribution in [2.75, 3.05) is 6.61 Å². The number of ether oxygens (including phenoxy) is 2. The number of hydrogen-bond donors (Lipinski definition) is 0. The highest BCUT2D eigenvalue weighted by molar-refractivity contribution is 6.05. The van der Waals surface area contributed by atoms with Crippen molar-refractivity contribution in [1.82, 2.24) is 0 Å². The van der Waals surface area contributed by atoms with E-state index >= 15 is 0 Å². The van der Waals surface area contributed by atoms with Crippen LogP contribution in [-0.4, -0.2) is 29.9 Å². The zero-order valence-electron chi connectivity index (χ0n) is 16.4. The molecule has 150 valence electrons. The van der Waals surface area contributed by atoms with Crippen molar-refractivity contribution in [2.45, 2.75) is 59.1 Å². The maximum atomic E-state index is 12.8. The molecule has 0 aliphatic carbocycles. The highest BCUT2D eigenvalue weighted by Crippen LogP contribution is 2.46. The van der Waals surface area contributed by atoms with E-state index in [1.165, 1.54) is 0 Å². The number of ketones is 1. The van der Waals surface area contributed by atoms with Gasteiger partial charge in [0.2, 0.25) is 12.3 Å². The van der Waals surface area contributed by atoms with Crippen molar-refractivity contribution in [1.29, 1.82) is 0 Å². The second-order valence-corrected chi connectivity index (χ2v) is 7.50. The molecule has 27 heavy (non-hydrogen) atoms. The topological polar surface area (TPSA) is 73.6 Å². The third kappa shape index (κ3) is 5.15. The predicted octanol–water partition coefficient (Wildman–Crippen LogP) is -0.761. The molecule has 1 fully saturated rings. The smallest absolute Gasteiger partial charge is 0.324 e. The Morgan fingerprint density at radius 3 is 2.44 bits per heavy atom. The molecule has 2 rings (SSSR count). The van der Waals surface area contributed by atoms with Crippen LogP contribution in [0.15, 0.2) is 30.6 Å². The maximum absolute atomic E-state index is 12.8. The lowest BCUT2D eigenvalue weighted by Gasteiger charge is -2.24. The fourth-order valence-corrected chi connectivity index (χ4v) is 3.27. The van der Waals surface area contributed by atoms with E-state index in [1.54, 1.807) is 30.8 Å². The largest absolute Gasteiger partial charge is 1.00 e. The van der Waals surface area contributed by atoms with Gasteiger partial charge in [-0.2, -0.15) is 4.57 Å². The average molecular weight is 442 g/mol. The van der Waals surface area contributed by atoms with Gasteiger partial charge in [-0.15, -0.1) is 0 Å². The van der Waals surface area contributed by atoms with Gasteiger partial charge in [-0.25, -0.2) is 0 Å². The van der Waals surface area contributed by atoms with Crippen LogP contribution in [0.5, 0.6) is 0 Å². The van der Waals surface area contributed by atoms with Crippen LogP contribution in [0.1, 0.15) is 47.0 Å². The third-order valence-electron chi connectivity index (χ3n) is 4.86. The first-order valence-corrected chi connectivity index (χ1v) is 9.11. The summed E-state index contributed by atoms with van der Waals surface area (Å²) in [6.07, 6.45) is 4.57. The van der Waals surface area contributed by atoms with E-state index < -0.39 is 23.0 Å². The quantitative estimate of drug-likeness (QED) is 0.301. The minimum absolute atomic E-state index is 0. The lowest BCUT2D eigenvalue weighted by Crippen LogP contribution is -3.00. The first-order valence-electron chi connectivity index (χ1n) is 9.11. The molecular weight excluding hydrogens is 414 g/mol. The fraction of sp³-hybridized carbons (Fsp3) is 0.600. The first-order chi connectivity index (χ1) is 12.2. The zero-order chi connectivity index (χ0) is 19.4. The number of carbonyl (C=O) groups excluding carboxylic acids is 3. The van der Waals surface area contributed by atoms with Gasteiger partial charge in [-0.05, 0) is 32.6 Å². The highest BCUT2D eigenvalue weighted by atomic mass is 79.9. The molecule has 2 atom stereocenters. The van der Waals surface area contributed by atoms with Gasteiger partial charge in [0.1, 0.15) is 0 Å². The third-order valence-corrected chi connectivity index (χ3v) is 4.86. The number of esters is 2. The zero-order valence-corrected chi connectivity index (χ0v) is 18.0. The van der Waals surface area contributed by atoms with Crippen LogP contribution in [0.2, 0.25) is 0 Å². The van der Waals surface area contributed by atoms with Gasteiger partial charge in [0.25, 0.3) is 0 Å². The Balaban J connectivity index is 0.00000364. The molecule has 1 aliphatic rings. The van der Waals surface area contributed by atoms with Crippen molar-refractivity contribution in [3.8, 4) is 0 Å². The molecular formula is C20H28BrNO5. The number of carbonyl (C=O) groups is 3. The van der Waals surface area contributed by atoms with E-state index in [-0.39, 0.29) is 42.3 Å². The summed E-state index contributed by atoms with van der Waals surface area (Å²) in [6.45, 7) is 7.59. The standard InChI is InChI=1S/C20H28NO5.BrH/c1-5-25-17(23)20(10-9-15(2)3)14-19(4,26-18(20)24)16(22)13-21-11-7-6-8-12-21;/h6-8,11-12,15H,5,9-10,13-14H2,1-4H3;1H/q+1;/p-1. The van der Waals surface area contributed by atoms with E-state index in [0.717, 1.165) is 0 Å². The Kier molecular flexibility index (Phi) is 8.14. The Bertz CT molecular complexity index is 678. The molecule has 0 saturated carbocycles. The molecule has 7 heteroatoms. The van der Waals surface area contributed by atoms with Crippen molar-refractivity contribution in [3.63, 3.8) is 0 Å². The van der Waals surface area contributed by atoms with Crippen LogP contribution in [0, 0.1) is 11.3 Å². The highest BCUT2D eigenvalue weighted by Gasteiger charge is 2.62. The van der Waals surface area contributed by atoms with Gasteiger partial charge in [-0.3, -0.25) is 14.4 Å². The van der Waals surface area contributed by atoms with Crippen molar-refractivity contribution in [3.05, 3.63) is 30.6 Å². The normalized spacial score (nSPS) is 24.3. The van der Waals surface area contributed by atoms with Gasteiger partial charge in [0, 0.05) is 18.6 Å². The van der Waals surface area contributed by atoms with Crippen LogP contribution in [0.3, 0.4) is 0 Å². The number of pyridine rings is 1. The summed E-state index contributed by atoms with van der Waals surface area (Å²) in [4.78, 5) is 38.2. The van der Waals surface area contributed by atoms with E-state index in [9.17, 15) is 14.4 Å². The SMILES string of the molecule is CCOC(=O)C1(CCC(C)C)CC(C)(C(=O)C[n+]2ccccc2)OC1=O.[Br-]. The van der Waals surface area contributed by atoms with Gasteiger partial charge in [0.05, 0.1) is 6.61 Å². The summed E-state index contributed by atoms with van der Waals surface area (Å²) in [5.41, 5.74) is -2.73. The Labute approximate surface area is 171 Å². The number of hydrogen-bond acceptors (Lipinski definition) is 5. The van der Waals surface area contributed by atoms with E-state index in [4.69, 9.17) is 9.47 Å². The van der Waals surface area contributed by atoms with Crippen LogP contribution in [-0.2, 0) is 30.4 Å². The molecule has 0 N–H and O–H groups in total. The summed E-state index contributed by atoms with van der Waals surface area (Å²) < 4.78 is 12.4. The van der Waals surface area contributed by atoms with E-state index in [2.05, 4.69) is 0 Å². The van der Waals surface area contributed by atoms with Gasteiger partial charge in [0.15, 0.2) is 23.4 Å². The molecule has 2 unspecified atom stereocenters. The Morgan fingerprint density at radius 1 is 1.26 bits per heavy atom. The van der Waals surface area contributed by atoms with Gasteiger partial charge >= 0.3 is 11.9 Å². The lowest BCUT2D eigenvalue weighted by atomic mass is 9.75. The summed E-state index contributed by atoms with van der Waals surface area (Å²) in [6, 6.07) is 5.50. The van der Waals surface area contributed by atoms with Gasteiger partial charge in [-0.1, -0.05) is 19.9 Å². The second-order valence-electron chi connectivity index (χ2n) is 7.50. The van der Waals surface area contributed by atoms with Crippen molar-refractivity contribution in [2.24, 2.45) is 11.3 Å². The predicted molar refractivity (Wildman–Crippen MR) is 93.9 cm³/mol. The monoisotopic (exact) mass is 441 g/mol. The molecule has 0 radical (unpaired) electrons. The van der Waals surface area contributed by atoms with Crippen molar-refractivity contribution >= 4 is 17.7 Å². The molecule has 1 aromatic heterocycles. The molecule has 1 aliphatic heterocycles. The summed E-state index contributed by atoms with van der Waals surface area (Å²) in [5, 5.41) is 0. The summed E-state index contributed by atoms with van der Waals surface area (Å²) in [7, 11) is 0. The Hall–Kier alpha value is -1.76.